The summed E-state index contributed by atoms with van der Waals surface area (Å²) in [5, 5.41) is 17.5. The van der Waals surface area contributed by atoms with Crippen molar-refractivity contribution in [1.82, 2.24) is 5.32 Å². The van der Waals surface area contributed by atoms with Gasteiger partial charge in [0.05, 0.1) is 24.9 Å². The zero-order valence-electron chi connectivity index (χ0n) is 21.8. The highest BCUT2D eigenvalue weighted by Crippen LogP contribution is 2.47. The van der Waals surface area contributed by atoms with Crippen LogP contribution in [0, 0.1) is 20.8 Å². The minimum absolute atomic E-state index is 0.0418. The normalized spacial score (nSPS) is 21.2. The number of aliphatic hydroxyl groups is 1. The molecule has 3 aliphatic heterocycles. The summed E-state index contributed by atoms with van der Waals surface area (Å²) in [5.74, 6) is -0.697. The summed E-state index contributed by atoms with van der Waals surface area (Å²) < 4.78 is 12.1. The van der Waals surface area contributed by atoms with Gasteiger partial charge in [-0.15, -0.1) is 0 Å². The first-order chi connectivity index (χ1) is 17.3. The van der Waals surface area contributed by atoms with Crippen LogP contribution in [0.15, 0.2) is 52.9 Å². The van der Waals surface area contributed by atoms with Crippen LogP contribution < -0.4 is 10.6 Å². The maximum Gasteiger partial charge on any atom is 0.337 e. The minimum Gasteiger partial charge on any atom is -0.454 e. The minimum atomic E-state index is -0.375. The lowest BCUT2D eigenvalue weighted by atomic mass is 9.76. The number of nitrogens with one attached hydrogen (secondary N) is 2. The van der Waals surface area contributed by atoms with Crippen LogP contribution in [0.3, 0.4) is 0 Å². The molecule has 36 heavy (non-hydrogen) atoms. The first-order valence-corrected chi connectivity index (χ1v) is 12.9. The van der Waals surface area contributed by atoms with Crippen LogP contribution in [-0.4, -0.2) is 36.9 Å². The number of dihydropyridines is 1. The Labute approximate surface area is 213 Å². The van der Waals surface area contributed by atoms with Gasteiger partial charge in [-0.3, -0.25) is 0 Å². The van der Waals surface area contributed by atoms with Crippen LogP contribution >= 0.6 is 0 Å². The average Bonchev–Trinajstić information content (AvgIpc) is 3.30. The molecule has 2 unspecified atom stereocenters. The van der Waals surface area contributed by atoms with E-state index in [0.29, 0.717) is 18.6 Å². The molecule has 2 aromatic carbocycles. The second kappa shape index (κ2) is 9.75. The summed E-state index contributed by atoms with van der Waals surface area (Å²) in [5.41, 5.74) is 10.9. The lowest BCUT2D eigenvalue weighted by Gasteiger charge is -2.38. The van der Waals surface area contributed by atoms with Gasteiger partial charge in [-0.2, -0.15) is 0 Å². The number of rotatable bonds is 6. The second-order valence-corrected chi connectivity index (χ2v) is 10.4. The second-order valence-electron chi connectivity index (χ2n) is 10.4. The van der Waals surface area contributed by atoms with Crippen molar-refractivity contribution in [1.29, 1.82) is 0 Å². The molecule has 2 atom stereocenters. The summed E-state index contributed by atoms with van der Waals surface area (Å²) in [6.07, 6.45) is 1.12. The molecule has 5 rings (SSSR count). The zero-order chi connectivity index (χ0) is 25.6. The molecule has 2 aromatic rings. The highest BCUT2D eigenvalue weighted by molar-refractivity contribution is 5.94. The maximum atomic E-state index is 13.7. The lowest BCUT2D eigenvalue weighted by molar-refractivity contribution is -0.146. The average molecular weight is 489 g/mol. The van der Waals surface area contributed by atoms with Crippen molar-refractivity contribution in [3.8, 4) is 0 Å². The molecule has 3 N–H and O–H groups in total. The number of aryl methyl sites for hydroxylation is 3. The van der Waals surface area contributed by atoms with E-state index >= 15 is 0 Å². The lowest BCUT2D eigenvalue weighted by Crippen LogP contribution is -2.38. The Bertz CT molecular complexity index is 1250. The highest BCUT2D eigenvalue weighted by atomic mass is 16.5. The summed E-state index contributed by atoms with van der Waals surface area (Å²) >= 11 is 0. The topological polar surface area (TPSA) is 79.8 Å². The predicted molar refractivity (Wildman–Crippen MR) is 141 cm³/mol. The van der Waals surface area contributed by atoms with Crippen molar-refractivity contribution < 1.29 is 19.4 Å². The molecule has 0 saturated carbocycles. The number of aliphatic hydroxyl groups excluding tert-OH is 1. The monoisotopic (exact) mass is 488 g/mol. The fourth-order valence-corrected chi connectivity index (χ4v) is 6.08. The van der Waals surface area contributed by atoms with Gasteiger partial charge in [-0.05, 0) is 80.5 Å². The molecular weight excluding hydrogens is 452 g/mol. The summed E-state index contributed by atoms with van der Waals surface area (Å²) in [6, 6.07) is 10.5. The predicted octanol–water partition coefficient (Wildman–Crippen LogP) is 4.88. The van der Waals surface area contributed by atoms with Gasteiger partial charge in [-0.1, -0.05) is 29.8 Å². The van der Waals surface area contributed by atoms with E-state index in [1.165, 1.54) is 11.1 Å². The van der Waals surface area contributed by atoms with Gasteiger partial charge >= 0.3 is 5.97 Å². The van der Waals surface area contributed by atoms with Crippen LogP contribution in [0.5, 0.6) is 0 Å². The number of carbonyl (C=O) groups excluding carboxylic acids is 1. The third-order valence-electron chi connectivity index (χ3n) is 7.52. The van der Waals surface area contributed by atoms with Gasteiger partial charge in [0.25, 0.3) is 0 Å². The molecule has 0 bridgehead atoms. The fourth-order valence-electron chi connectivity index (χ4n) is 6.08. The number of cyclic esters (lactones) is 1. The Hall–Kier alpha value is -3.09. The Morgan fingerprint density at radius 1 is 1.17 bits per heavy atom. The maximum absolute atomic E-state index is 13.7. The number of ether oxygens (including phenoxy) is 2. The molecule has 0 fully saturated rings. The smallest absolute Gasteiger partial charge is 0.337 e. The van der Waals surface area contributed by atoms with Crippen LogP contribution in [0.25, 0.3) is 0 Å². The number of carbonyl (C=O) groups is 1. The fraction of sp³-hybridized carbons (Fsp3) is 0.433. The van der Waals surface area contributed by atoms with E-state index in [1.807, 2.05) is 19.9 Å². The SMILES string of the molecule is Cc1cc(C)c(C2CC3=C(C(=O)O2)C(c2cccc4c2CCN4)C(CO)=C(COC(C)C)N3)c(C)c1. The summed E-state index contributed by atoms with van der Waals surface area (Å²) in [6.45, 7) is 11.3. The number of esters is 1. The van der Waals surface area contributed by atoms with Crippen LogP contribution in [0.1, 0.15) is 65.7 Å². The standard InChI is InChI=1S/C30H36N2O4/c1-16(2)35-15-25-22(14-33)28(21-7-6-8-23-20(21)9-10-31-23)29-24(32-25)13-26(36-30(29)34)27-18(4)11-17(3)12-19(27)5/h6-8,11-12,16,26,28,31-33H,9-10,13-15H2,1-5H3. The van der Waals surface area contributed by atoms with E-state index in [9.17, 15) is 9.90 Å². The molecule has 190 valence electrons. The molecule has 0 spiro atoms. The molecule has 0 amide bonds. The third kappa shape index (κ3) is 4.33. The molecule has 0 aromatic heterocycles. The van der Waals surface area contributed by atoms with E-state index in [2.05, 4.69) is 55.7 Å². The van der Waals surface area contributed by atoms with E-state index in [4.69, 9.17) is 9.47 Å². The number of anilines is 1. The van der Waals surface area contributed by atoms with Gasteiger partial charge in [0, 0.05) is 36.0 Å². The van der Waals surface area contributed by atoms with Crippen molar-refractivity contribution in [3.05, 3.63) is 86.3 Å². The zero-order valence-corrected chi connectivity index (χ0v) is 21.8. The summed E-state index contributed by atoms with van der Waals surface area (Å²) in [7, 11) is 0. The van der Waals surface area contributed by atoms with Gasteiger partial charge < -0.3 is 25.2 Å². The van der Waals surface area contributed by atoms with Crippen LogP contribution in [-0.2, 0) is 20.7 Å². The third-order valence-corrected chi connectivity index (χ3v) is 7.52. The molecule has 0 aliphatic carbocycles. The van der Waals surface area contributed by atoms with Gasteiger partial charge in [-0.25, -0.2) is 4.79 Å². The largest absolute Gasteiger partial charge is 0.454 e. The molecule has 6 heteroatoms. The molecule has 0 radical (unpaired) electrons. The van der Waals surface area contributed by atoms with Gasteiger partial charge in [0.1, 0.15) is 6.10 Å². The van der Waals surface area contributed by atoms with Crippen molar-refractivity contribution in [2.24, 2.45) is 0 Å². The van der Waals surface area contributed by atoms with Crippen LogP contribution in [0.4, 0.5) is 5.69 Å². The van der Waals surface area contributed by atoms with E-state index in [0.717, 1.165) is 57.9 Å². The Balaban J connectivity index is 1.62. The molecule has 0 saturated heterocycles. The number of benzene rings is 2. The quantitative estimate of drug-likeness (QED) is 0.503. The molecule has 6 nitrogen and oxygen atoms in total. The Morgan fingerprint density at radius 2 is 1.92 bits per heavy atom. The van der Waals surface area contributed by atoms with Crippen molar-refractivity contribution >= 4 is 11.7 Å². The van der Waals surface area contributed by atoms with Crippen LogP contribution in [0.2, 0.25) is 0 Å². The van der Waals surface area contributed by atoms with E-state index in [1.54, 1.807) is 0 Å². The van der Waals surface area contributed by atoms with Crippen molar-refractivity contribution in [2.45, 2.75) is 65.6 Å². The number of hydrogen-bond acceptors (Lipinski definition) is 6. The number of fused-ring (bicyclic) bond motifs is 1. The summed E-state index contributed by atoms with van der Waals surface area (Å²) in [4.78, 5) is 13.7. The Morgan fingerprint density at radius 3 is 2.61 bits per heavy atom. The molecule has 3 aliphatic rings. The first kappa shape index (κ1) is 24.6. The molecular formula is C30H36N2O4. The highest BCUT2D eigenvalue weighted by Gasteiger charge is 2.42. The first-order valence-electron chi connectivity index (χ1n) is 12.9. The van der Waals surface area contributed by atoms with Crippen molar-refractivity contribution in [2.75, 3.05) is 25.1 Å². The van der Waals surface area contributed by atoms with E-state index < -0.39 is 0 Å². The van der Waals surface area contributed by atoms with Gasteiger partial charge in [0.15, 0.2) is 0 Å². The molecule has 3 heterocycles. The van der Waals surface area contributed by atoms with Crippen molar-refractivity contribution in [3.63, 3.8) is 0 Å². The number of hydrogen-bond donors (Lipinski definition) is 3. The Kier molecular flexibility index (Phi) is 6.66. The van der Waals surface area contributed by atoms with Gasteiger partial charge in [0.2, 0.25) is 0 Å². The van der Waals surface area contributed by atoms with E-state index in [-0.39, 0.29) is 30.7 Å².